The van der Waals surface area contributed by atoms with Gasteiger partial charge in [-0.1, -0.05) is 139 Å². The Labute approximate surface area is 283 Å². The Balaban J connectivity index is 1.32. The number of anilines is 6. The first kappa shape index (κ1) is 26.6. The second-order valence-corrected chi connectivity index (χ2v) is 14.0. The number of halogens is 1. The monoisotopic (exact) mass is 630 g/mol. The van der Waals surface area contributed by atoms with Crippen molar-refractivity contribution in [2.45, 2.75) is 9.79 Å². The molecule has 0 saturated carbocycles. The fourth-order valence-corrected chi connectivity index (χ4v) is 9.95. The minimum absolute atomic E-state index is 0.0622. The highest BCUT2D eigenvalue weighted by Gasteiger charge is 2.52. The molecule has 7 aromatic rings. The summed E-state index contributed by atoms with van der Waals surface area (Å²) in [5.74, 6) is -0.144. The Morgan fingerprint density at radius 3 is 1.56 bits per heavy atom. The third-order valence-corrected chi connectivity index (χ3v) is 11.8. The van der Waals surface area contributed by atoms with Crippen molar-refractivity contribution in [1.29, 1.82) is 0 Å². The lowest BCUT2D eigenvalue weighted by atomic mass is 9.29. The molecule has 0 aliphatic carbocycles. The fourth-order valence-electron chi connectivity index (χ4n) is 8.77. The largest absolute Gasteiger partial charge is 0.312 e. The summed E-state index contributed by atoms with van der Waals surface area (Å²) in [5.41, 5.74) is 15.3. The van der Waals surface area contributed by atoms with Crippen LogP contribution in [0.2, 0.25) is 0 Å². The topological polar surface area (TPSA) is 6.48 Å². The first-order valence-electron chi connectivity index (χ1n) is 16.5. The van der Waals surface area contributed by atoms with E-state index >= 15 is 4.39 Å². The van der Waals surface area contributed by atoms with E-state index < -0.39 is 0 Å². The molecular weight excluding hydrogens is 605 g/mol. The summed E-state index contributed by atoms with van der Waals surface area (Å²) in [6.45, 7) is -0.181. The predicted molar refractivity (Wildman–Crippen MR) is 201 cm³/mol. The van der Waals surface area contributed by atoms with Gasteiger partial charge in [0.1, 0.15) is 0 Å². The van der Waals surface area contributed by atoms with Gasteiger partial charge in [0.2, 0.25) is 6.71 Å². The van der Waals surface area contributed by atoms with Crippen molar-refractivity contribution in [3.8, 4) is 11.1 Å². The second-order valence-electron chi connectivity index (χ2n) is 12.9. The first-order valence-corrected chi connectivity index (χ1v) is 17.3. The molecule has 0 bridgehead atoms. The van der Waals surface area contributed by atoms with Gasteiger partial charge in [0, 0.05) is 38.1 Å². The van der Waals surface area contributed by atoms with Crippen LogP contribution in [0, 0.1) is 5.82 Å². The minimum atomic E-state index is -0.144. The van der Waals surface area contributed by atoms with Crippen LogP contribution >= 0.6 is 11.8 Å². The smallest absolute Gasteiger partial charge is 0.252 e. The molecule has 0 aromatic heterocycles. The van der Waals surface area contributed by atoms with Crippen LogP contribution in [0.15, 0.2) is 161 Å². The molecule has 0 atom stereocenters. The van der Waals surface area contributed by atoms with Crippen molar-refractivity contribution in [2.24, 2.45) is 0 Å². The van der Waals surface area contributed by atoms with E-state index in [2.05, 4.69) is 155 Å². The number of rotatable bonds is 2. The molecule has 7 aromatic carbocycles. The van der Waals surface area contributed by atoms with E-state index in [0.29, 0.717) is 5.69 Å². The number of nitrogens with zero attached hydrogens (tertiary/aromatic N) is 2. The second kappa shape index (κ2) is 9.79. The molecule has 4 aliphatic rings. The van der Waals surface area contributed by atoms with Crippen LogP contribution in [0.5, 0.6) is 0 Å². The molecular formula is C42H25B2FN2S. The quantitative estimate of drug-likeness (QED) is 0.193. The summed E-state index contributed by atoms with van der Waals surface area (Å²) in [5, 5.41) is 0. The third-order valence-electron chi connectivity index (χ3n) is 10.6. The zero-order chi connectivity index (χ0) is 31.5. The molecule has 48 heavy (non-hydrogen) atoms. The van der Waals surface area contributed by atoms with Gasteiger partial charge >= 0.3 is 0 Å². The van der Waals surface area contributed by atoms with E-state index in [1.165, 1.54) is 21.9 Å². The molecule has 0 saturated heterocycles. The molecule has 0 spiro atoms. The van der Waals surface area contributed by atoms with E-state index in [1.807, 2.05) is 6.07 Å². The van der Waals surface area contributed by atoms with Gasteiger partial charge in [-0.3, -0.25) is 0 Å². The van der Waals surface area contributed by atoms with Gasteiger partial charge in [-0.15, -0.1) is 0 Å². The predicted octanol–water partition coefficient (Wildman–Crippen LogP) is 6.87. The lowest BCUT2D eigenvalue weighted by Gasteiger charge is -2.49. The van der Waals surface area contributed by atoms with Crippen molar-refractivity contribution in [2.75, 3.05) is 9.80 Å². The molecule has 4 aliphatic heterocycles. The van der Waals surface area contributed by atoms with Crippen LogP contribution in [0.25, 0.3) is 11.1 Å². The summed E-state index contributed by atoms with van der Waals surface area (Å²) in [4.78, 5) is 6.51. The number of fused-ring (bicyclic) bond motifs is 10. The number of hydrogen-bond donors (Lipinski definition) is 0. The first-order chi connectivity index (χ1) is 23.8. The Kier molecular flexibility index (Phi) is 5.42. The highest BCUT2D eigenvalue weighted by molar-refractivity contribution is 8.00. The zero-order valence-electron chi connectivity index (χ0n) is 25.8. The van der Waals surface area contributed by atoms with Crippen molar-refractivity contribution in [1.82, 2.24) is 0 Å². The van der Waals surface area contributed by atoms with E-state index in [-0.39, 0.29) is 19.2 Å². The van der Waals surface area contributed by atoms with Crippen LogP contribution in [0.1, 0.15) is 0 Å². The average Bonchev–Trinajstić information content (AvgIpc) is 3.16. The molecule has 0 fully saturated rings. The van der Waals surface area contributed by atoms with Crippen LogP contribution in [-0.2, 0) is 0 Å². The van der Waals surface area contributed by atoms with Crippen molar-refractivity contribution < 1.29 is 4.39 Å². The highest BCUT2D eigenvalue weighted by atomic mass is 32.2. The Morgan fingerprint density at radius 2 is 0.917 bits per heavy atom. The molecule has 6 heteroatoms. The van der Waals surface area contributed by atoms with Gasteiger partial charge in [0.05, 0.1) is 11.4 Å². The van der Waals surface area contributed by atoms with Gasteiger partial charge in [-0.2, -0.15) is 0 Å². The lowest BCUT2D eigenvalue weighted by Crippen LogP contribution is -2.68. The van der Waals surface area contributed by atoms with Crippen LogP contribution in [-0.4, -0.2) is 13.4 Å². The molecule has 4 heterocycles. The van der Waals surface area contributed by atoms with E-state index in [9.17, 15) is 0 Å². The maximum Gasteiger partial charge on any atom is 0.252 e. The van der Waals surface area contributed by atoms with Crippen molar-refractivity contribution in [3.63, 3.8) is 0 Å². The van der Waals surface area contributed by atoms with E-state index in [0.717, 1.165) is 60.3 Å². The maximum atomic E-state index is 18.2. The molecule has 11 rings (SSSR count). The molecule has 0 amide bonds. The summed E-state index contributed by atoms with van der Waals surface area (Å²) < 4.78 is 18.2. The van der Waals surface area contributed by atoms with Gasteiger partial charge in [0.25, 0.3) is 6.71 Å². The Morgan fingerprint density at radius 1 is 0.438 bits per heavy atom. The summed E-state index contributed by atoms with van der Waals surface area (Å²) in [6.07, 6.45) is 0. The van der Waals surface area contributed by atoms with E-state index in [4.69, 9.17) is 0 Å². The van der Waals surface area contributed by atoms with Gasteiger partial charge in [0.15, 0.2) is 5.82 Å². The van der Waals surface area contributed by atoms with E-state index in [1.54, 1.807) is 11.8 Å². The fraction of sp³-hybridized carbons (Fsp3) is 0. The SMILES string of the molecule is Fc1c2c3c4c5c1N(c1ccccc1-c1ccccc1)c1ccccc1B5c1ccccc1N4c1ccccc1B3c1ccccc1S2. The molecule has 0 N–H and O–H groups in total. The molecule has 222 valence electrons. The van der Waals surface area contributed by atoms with Crippen LogP contribution in [0.3, 0.4) is 0 Å². The Bertz CT molecular complexity index is 2490. The minimum Gasteiger partial charge on any atom is -0.312 e. The highest BCUT2D eigenvalue weighted by Crippen LogP contribution is 2.50. The Hall–Kier alpha value is -5.45. The van der Waals surface area contributed by atoms with Gasteiger partial charge in [-0.25, -0.2) is 4.39 Å². The lowest BCUT2D eigenvalue weighted by molar-refractivity contribution is 0.606. The maximum absolute atomic E-state index is 18.2. The average molecular weight is 630 g/mol. The van der Waals surface area contributed by atoms with Crippen LogP contribution < -0.4 is 42.6 Å². The number of benzene rings is 7. The van der Waals surface area contributed by atoms with Crippen molar-refractivity contribution in [3.05, 3.63) is 157 Å². The number of hydrogen-bond acceptors (Lipinski definition) is 3. The normalized spacial score (nSPS) is 14.1. The zero-order valence-corrected chi connectivity index (χ0v) is 26.6. The summed E-state index contributed by atoms with van der Waals surface area (Å²) in [6, 6.07) is 53.6. The standard InChI is InChI=1S/C42H25B2FN2S/c45-39-41-37-40-38-42(39)48-36-25-13-8-20-31(36)44(38)30-19-7-12-24-35(30)47(40)34-23-11-6-18-29(34)43(37)28-17-5-10-22-33(28)46(41)32-21-9-4-16-27(32)26-14-2-1-3-15-26/h1-25H. The summed E-state index contributed by atoms with van der Waals surface area (Å²) >= 11 is 1.58. The summed E-state index contributed by atoms with van der Waals surface area (Å²) in [7, 11) is 0. The van der Waals surface area contributed by atoms with Crippen LogP contribution in [0.4, 0.5) is 38.5 Å². The molecule has 0 radical (unpaired) electrons. The third kappa shape index (κ3) is 3.35. The molecule has 2 nitrogen and oxygen atoms in total. The van der Waals surface area contributed by atoms with Gasteiger partial charge < -0.3 is 9.80 Å². The van der Waals surface area contributed by atoms with Gasteiger partial charge in [-0.05, 0) is 63.2 Å². The molecule has 0 unspecified atom stereocenters. The number of para-hydroxylation sites is 4. The van der Waals surface area contributed by atoms with Crippen molar-refractivity contribution >= 4 is 92.1 Å².